The van der Waals surface area contributed by atoms with E-state index in [1.54, 1.807) is 18.2 Å². The molecular formula is C101H120N4+4. The molecule has 0 spiro atoms. The number of aromatic nitrogens is 4. The highest BCUT2D eigenvalue weighted by molar-refractivity contribution is 5.80. The van der Waals surface area contributed by atoms with E-state index in [9.17, 15) is 0 Å². The highest BCUT2D eigenvalue weighted by Crippen LogP contribution is 2.40. The molecule has 0 radical (unpaired) electrons. The first-order valence-electron chi connectivity index (χ1n) is 45.8. The van der Waals surface area contributed by atoms with Crippen LogP contribution in [0.2, 0.25) is 0 Å². The maximum Gasteiger partial charge on any atom is 0.212 e. The maximum absolute atomic E-state index is 8.94. The zero-order valence-corrected chi connectivity index (χ0v) is 65.5. The van der Waals surface area contributed by atoms with Gasteiger partial charge in [-0.05, 0) is 267 Å². The second kappa shape index (κ2) is 34.1. The third-order valence-corrected chi connectivity index (χ3v) is 19.9. The summed E-state index contributed by atoms with van der Waals surface area (Å²) in [5.74, 6) is -1.33. The summed E-state index contributed by atoms with van der Waals surface area (Å²) in [6.45, 7) is 20.2. The Morgan fingerprint density at radius 1 is 0.371 bits per heavy atom. The Labute approximate surface area is 658 Å². The summed E-state index contributed by atoms with van der Waals surface area (Å²) >= 11 is 0. The molecule has 0 atom stereocenters. The predicted molar refractivity (Wildman–Crippen MR) is 448 cm³/mol. The average Bonchev–Trinajstić information content (AvgIpc) is 1.65. The molecule has 1 aliphatic carbocycles. The smallest absolute Gasteiger partial charge is 0.201 e. The third kappa shape index (κ3) is 18.9. The SMILES string of the molecule is [2H]C([2H])([2H])c1cc(C)c(-c2cc(C)c(C([2H])(C)C)c[n+]2C)cc1-c1ccccc1.[2H]C([2H])([2H])c1cc(C)c(-c2cc(C)c(C([2H])([2H])C(C)(C)C)c[n+]2C)cc1-c1ccccc1.[2H]C([2H])([2H])c1cc(C)c(-c2cc(C)c(C([2H])([2H])C(C)C)c[n+]2C)cc1-c1ccccc1.[2H]C([2H])([2H])c1cc(C)c(-c2cc(C)c(C3([2H])CCCC3)c[n+]2C)cc1-c1ccccc1. The van der Waals surface area contributed by atoms with Crippen molar-refractivity contribution >= 4 is 0 Å². The lowest BCUT2D eigenvalue weighted by atomic mass is 9.86. The van der Waals surface area contributed by atoms with Crippen LogP contribution < -0.4 is 18.3 Å². The van der Waals surface area contributed by atoms with E-state index in [0.717, 1.165) is 160 Å². The lowest BCUT2D eigenvalue weighted by molar-refractivity contribution is -0.661. The van der Waals surface area contributed by atoms with Crippen molar-refractivity contribution in [3.8, 4) is 89.5 Å². The van der Waals surface area contributed by atoms with Crippen LogP contribution in [0.5, 0.6) is 0 Å². The van der Waals surface area contributed by atoms with Gasteiger partial charge in [-0.25, -0.2) is 18.3 Å². The Morgan fingerprint density at radius 3 is 1.00 bits per heavy atom. The zero-order chi connectivity index (χ0) is 91.1. The topological polar surface area (TPSA) is 15.5 Å². The van der Waals surface area contributed by atoms with Crippen LogP contribution in [0.15, 0.2) is 219 Å². The van der Waals surface area contributed by atoms with E-state index >= 15 is 0 Å². The summed E-state index contributed by atoms with van der Waals surface area (Å²) < 4.78 is 156. The molecule has 1 aliphatic rings. The monoisotopic (exact) mass is 1410 g/mol. The molecule has 1 saturated carbocycles. The summed E-state index contributed by atoms with van der Waals surface area (Å²) in [7, 11) is 7.82. The molecule has 4 heteroatoms. The van der Waals surface area contributed by atoms with Gasteiger partial charge in [0.15, 0.2) is 24.8 Å². The van der Waals surface area contributed by atoms with Crippen LogP contribution >= 0.6 is 0 Å². The van der Waals surface area contributed by atoms with Gasteiger partial charge in [0.2, 0.25) is 22.8 Å². The van der Waals surface area contributed by atoms with Gasteiger partial charge in [0, 0.05) is 93.4 Å². The van der Waals surface area contributed by atoms with Crippen LogP contribution in [0, 0.1) is 94.1 Å². The van der Waals surface area contributed by atoms with E-state index in [4.69, 9.17) is 24.7 Å². The molecule has 4 aromatic heterocycles. The molecule has 0 N–H and O–H groups in total. The second-order valence-corrected chi connectivity index (χ2v) is 30.3. The third-order valence-electron chi connectivity index (χ3n) is 19.9. The lowest BCUT2D eigenvalue weighted by Gasteiger charge is -2.19. The average molecular weight is 1410 g/mol. The van der Waals surface area contributed by atoms with E-state index in [0.29, 0.717) is 44.5 Å². The first kappa shape index (κ1) is 56.7. The summed E-state index contributed by atoms with van der Waals surface area (Å²) in [5.41, 5.74) is 26.0. The predicted octanol–water partition coefficient (Wildman–Crippen LogP) is 24.6. The molecule has 12 aromatic rings. The Morgan fingerprint density at radius 2 is 0.676 bits per heavy atom. The van der Waals surface area contributed by atoms with Crippen LogP contribution in [-0.4, -0.2) is 0 Å². The normalized spacial score (nSPS) is 15.9. The van der Waals surface area contributed by atoms with Crippen molar-refractivity contribution in [2.75, 3.05) is 0 Å². The van der Waals surface area contributed by atoms with E-state index in [-0.39, 0.29) is 5.92 Å². The fraction of sp³-hybridized carbons (Fsp3) is 0.327. The van der Waals surface area contributed by atoms with Gasteiger partial charge in [-0.2, -0.15) is 0 Å². The summed E-state index contributed by atoms with van der Waals surface area (Å²) in [4.78, 5) is 0. The Balaban J connectivity index is 0.000000172. The van der Waals surface area contributed by atoms with Gasteiger partial charge in [-0.1, -0.05) is 207 Å². The first-order chi connectivity index (χ1) is 57.0. The van der Waals surface area contributed by atoms with Crippen molar-refractivity contribution in [3.05, 3.63) is 308 Å². The van der Waals surface area contributed by atoms with E-state index in [2.05, 4.69) is 29.8 Å². The molecule has 0 saturated heterocycles. The van der Waals surface area contributed by atoms with Crippen molar-refractivity contribution < 1.29 is 42.9 Å². The van der Waals surface area contributed by atoms with Crippen LogP contribution in [0.1, 0.15) is 200 Å². The van der Waals surface area contributed by atoms with Crippen molar-refractivity contribution in [2.24, 2.45) is 39.5 Å². The van der Waals surface area contributed by atoms with Crippen LogP contribution in [-0.2, 0) is 40.9 Å². The molecule has 0 amide bonds. The van der Waals surface area contributed by atoms with E-state index in [1.807, 2.05) is 321 Å². The van der Waals surface area contributed by atoms with Gasteiger partial charge in [0.05, 0.1) is 0 Å². The van der Waals surface area contributed by atoms with Crippen LogP contribution in [0.4, 0.5) is 0 Å². The van der Waals surface area contributed by atoms with Gasteiger partial charge in [0.1, 0.15) is 28.2 Å². The maximum atomic E-state index is 8.94. The Bertz CT molecular complexity index is 5660. The molecule has 4 nitrogen and oxygen atoms in total. The van der Waals surface area contributed by atoms with Gasteiger partial charge >= 0.3 is 0 Å². The number of pyridine rings is 4. The molecule has 105 heavy (non-hydrogen) atoms. The van der Waals surface area contributed by atoms with E-state index in [1.165, 1.54) is 0 Å². The number of hydrogen-bond donors (Lipinski definition) is 0. The summed E-state index contributed by atoms with van der Waals surface area (Å²) in [6, 6.07) is 61.9. The minimum Gasteiger partial charge on any atom is -0.201 e. The lowest BCUT2D eigenvalue weighted by Crippen LogP contribution is -2.32. The van der Waals surface area contributed by atoms with Gasteiger partial charge < -0.3 is 0 Å². The molecule has 0 aliphatic heterocycles. The van der Waals surface area contributed by atoms with Crippen LogP contribution in [0.3, 0.4) is 0 Å². The fourth-order valence-electron chi connectivity index (χ4n) is 14.4. The fourth-order valence-corrected chi connectivity index (χ4v) is 14.4. The van der Waals surface area contributed by atoms with Gasteiger partial charge in [-0.3, -0.25) is 0 Å². The molecule has 540 valence electrons. The van der Waals surface area contributed by atoms with Crippen molar-refractivity contribution in [1.29, 1.82) is 0 Å². The highest BCUT2D eigenvalue weighted by Gasteiger charge is 2.27. The zero-order valence-electron chi connectivity index (χ0n) is 83.5. The molecule has 13 rings (SSSR count). The number of benzene rings is 8. The van der Waals surface area contributed by atoms with Gasteiger partial charge in [-0.15, -0.1) is 0 Å². The van der Waals surface area contributed by atoms with Crippen molar-refractivity contribution in [3.63, 3.8) is 0 Å². The largest absolute Gasteiger partial charge is 0.212 e. The molecule has 8 aromatic carbocycles. The molecule has 0 unspecified atom stereocenters. The minimum atomic E-state index is -2.22. The molecular weight excluding hydrogens is 1270 g/mol. The molecule has 1 fully saturated rings. The summed E-state index contributed by atoms with van der Waals surface area (Å²) in [6.07, 6.45) is 8.99. The number of nitrogens with zero attached hydrogens (tertiary/aromatic N) is 4. The number of hydrogen-bond acceptors (Lipinski definition) is 0. The van der Waals surface area contributed by atoms with Crippen molar-refractivity contribution in [1.82, 2.24) is 0 Å². The molecule has 4 heterocycles. The van der Waals surface area contributed by atoms with Crippen LogP contribution in [0.25, 0.3) is 89.5 Å². The quantitative estimate of drug-likeness (QED) is 0.102. The van der Waals surface area contributed by atoms with Crippen molar-refractivity contribution in [2.45, 2.75) is 181 Å². The Hall–Kier alpha value is -9.64. The number of aryl methyl sites for hydroxylation is 16. The number of rotatable bonds is 13. The van der Waals surface area contributed by atoms with Gasteiger partial charge in [0.25, 0.3) is 0 Å². The molecule has 0 bridgehead atoms. The Kier molecular flexibility index (Phi) is 18.4. The second-order valence-electron chi connectivity index (χ2n) is 30.3. The highest BCUT2D eigenvalue weighted by atomic mass is 14.9. The standard InChI is InChI=1S/C26H30N.C26H32N.C25H30N.C24H28N/c1-18-14-19(2)24(16-23(18)21-10-6-5-7-11-21)26-15-20(3)25(17-27(26)4)22-12-8-9-13-22;1-18-14-25(27(7)17-22(18)16-26(4,5)6)24-15-23(19(2)13-20(24)3)21-11-9-8-10-12-21;1-17(2)12-22-16-26(6)25(14-18(22)3)24-15-23(19(4)13-20(24)5)21-10-8-7-9-11-21;1-16(2)23-15-25(6)24(13-19(23)5)22-14-21(17(3)12-18(22)4)20-10-8-7-9-11-20/h5-7,10-11,14-17,22H,8-9,12-13H2,1-4H3;8-15,17H,16H2,1-7H3;7-11,13-17H,12H2,1-6H3;7-16H,1-6H3/q4*+1/i1D3,22D;2D3,16D2;4D3,12D2;3D3,16D. The first-order valence-corrected chi connectivity index (χ1v) is 36.8. The summed E-state index contributed by atoms with van der Waals surface area (Å²) in [5, 5.41) is 0. The van der Waals surface area contributed by atoms with E-state index < -0.39 is 57.4 Å². The minimum absolute atomic E-state index is 0.151.